The van der Waals surface area contributed by atoms with E-state index >= 15 is 0 Å². The predicted molar refractivity (Wildman–Crippen MR) is 158 cm³/mol. The van der Waals surface area contributed by atoms with E-state index in [1.165, 1.54) is 19.2 Å². The Kier molecular flexibility index (Phi) is 9.20. The number of hydrogen-bond acceptors (Lipinski definition) is 8. The second-order valence-electron chi connectivity index (χ2n) is 11.5. The molecule has 3 aromatic rings. The zero-order valence-corrected chi connectivity index (χ0v) is 24.9. The number of pyridine rings is 2. The van der Waals surface area contributed by atoms with Crippen molar-refractivity contribution in [2.45, 2.75) is 84.0 Å². The van der Waals surface area contributed by atoms with Crippen LogP contribution in [-0.2, 0) is 9.53 Å². The van der Waals surface area contributed by atoms with Gasteiger partial charge in [0.15, 0.2) is 17.3 Å². The summed E-state index contributed by atoms with van der Waals surface area (Å²) in [7, 11) is 0. The number of benzene rings is 1. The standard InChI is InChI=1S/C30H35ClFN5O5/c1-15(34-29(41)42-30(3,4)5)28(40)36-19-8-6-18(7-9-19)35-25-20(16(2)38)14-33-24-11-10-23(37-26(24)25)17-12-21(31)27(39)22(32)13-17/h10-15,18-19,39H,6-9H2,1-5H3,(H,33,35)(H,34,41)(H,36,40). The van der Waals surface area contributed by atoms with Gasteiger partial charge in [-0.15, -0.1) is 0 Å². The lowest BCUT2D eigenvalue weighted by Gasteiger charge is -2.31. The molecular formula is C30H35ClFN5O5. The van der Waals surface area contributed by atoms with Gasteiger partial charge in [-0.25, -0.2) is 14.2 Å². The highest BCUT2D eigenvalue weighted by atomic mass is 35.5. The fraction of sp³-hybridized carbons (Fsp3) is 0.433. The minimum Gasteiger partial charge on any atom is -0.504 e. The molecule has 2 amide bonds. The number of hydrogen-bond donors (Lipinski definition) is 4. The van der Waals surface area contributed by atoms with Gasteiger partial charge in [0.25, 0.3) is 0 Å². The van der Waals surface area contributed by atoms with E-state index in [1.807, 2.05) is 0 Å². The van der Waals surface area contributed by atoms with E-state index < -0.39 is 29.3 Å². The van der Waals surface area contributed by atoms with Crippen LogP contribution in [-0.4, -0.2) is 56.6 Å². The number of aromatic nitrogens is 2. The van der Waals surface area contributed by atoms with Gasteiger partial charge in [0.05, 0.1) is 27.5 Å². The topological polar surface area (TPSA) is 143 Å². The first-order chi connectivity index (χ1) is 19.7. The number of halogens is 2. The molecule has 1 unspecified atom stereocenters. The van der Waals surface area contributed by atoms with Crippen LogP contribution in [0, 0.1) is 5.82 Å². The van der Waals surface area contributed by atoms with Crippen molar-refractivity contribution < 1.29 is 28.6 Å². The molecule has 1 aliphatic carbocycles. The van der Waals surface area contributed by atoms with E-state index in [0.717, 1.165) is 6.07 Å². The van der Waals surface area contributed by atoms with Crippen molar-refractivity contribution in [1.29, 1.82) is 0 Å². The van der Waals surface area contributed by atoms with E-state index in [1.54, 1.807) is 39.8 Å². The number of phenols is 1. The van der Waals surface area contributed by atoms with Gasteiger partial charge in [-0.1, -0.05) is 11.6 Å². The average molecular weight is 600 g/mol. The molecule has 4 rings (SSSR count). The minimum absolute atomic E-state index is 0.00909. The molecule has 2 heterocycles. The number of phenolic OH excluding ortho intramolecular Hbond substituents is 1. The molecule has 1 saturated carbocycles. The van der Waals surface area contributed by atoms with Crippen LogP contribution in [0.5, 0.6) is 5.75 Å². The number of nitrogens with zero attached hydrogens (tertiary/aromatic N) is 2. The molecule has 2 aromatic heterocycles. The molecule has 1 atom stereocenters. The van der Waals surface area contributed by atoms with Gasteiger partial charge in [-0.05, 0) is 84.6 Å². The number of amides is 2. The molecule has 0 radical (unpaired) electrons. The molecule has 0 bridgehead atoms. The van der Waals surface area contributed by atoms with Gasteiger partial charge in [0.1, 0.15) is 17.2 Å². The summed E-state index contributed by atoms with van der Waals surface area (Å²) in [6.07, 6.45) is 3.64. The molecule has 224 valence electrons. The quantitative estimate of drug-likeness (QED) is 0.251. The summed E-state index contributed by atoms with van der Waals surface area (Å²) in [6.45, 7) is 8.30. The van der Waals surface area contributed by atoms with E-state index in [2.05, 4.69) is 20.9 Å². The SMILES string of the molecule is CC(=O)c1cnc2ccc(-c3cc(F)c(O)c(Cl)c3)nc2c1NC1CCC(NC(=O)C(C)NC(=O)OC(C)(C)C)CC1. The van der Waals surface area contributed by atoms with E-state index in [0.29, 0.717) is 59.2 Å². The van der Waals surface area contributed by atoms with E-state index in [9.17, 15) is 23.9 Å². The third-order valence-corrected chi connectivity index (χ3v) is 7.24. The number of ketones is 1. The summed E-state index contributed by atoms with van der Waals surface area (Å²) < 4.78 is 19.4. The van der Waals surface area contributed by atoms with Crippen LogP contribution >= 0.6 is 11.6 Å². The first kappa shape index (κ1) is 31.0. The van der Waals surface area contributed by atoms with Gasteiger partial charge in [-0.3, -0.25) is 14.6 Å². The number of Topliss-reactive ketones (excluding diaryl/α,β-unsaturated/α-hetero) is 1. The Morgan fingerprint density at radius 2 is 1.79 bits per heavy atom. The number of alkyl carbamates (subject to hydrolysis) is 1. The number of carbonyl (C=O) groups excluding carboxylic acids is 3. The molecule has 10 nitrogen and oxygen atoms in total. The minimum atomic E-state index is -0.868. The van der Waals surface area contributed by atoms with Crippen molar-refractivity contribution >= 4 is 46.1 Å². The maximum atomic E-state index is 14.2. The highest BCUT2D eigenvalue weighted by Gasteiger charge is 2.27. The lowest BCUT2D eigenvalue weighted by molar-refractivity contribution is -0.123. The maximum absolute atomic E-state index is 14.2. The van der Waals surface area contributed by atoms with Gasteiger partial charge in [-0.2, -0.15) is 0 Å². The molecule has 0 aliphatic heterocycles. The van der Waals surface area contributed by atoms with E-state index in [-0.39, 0.29) is 28.8 Å². The van der Waals surface area contributed by atoms with Crippen molar-refractivity contribution in [2.24, 2.45) is 0 Å². The molecule has 12 heteroatoms. The fourth-order valence-electron chi connectivity index (χ4n) is 4.82. The Labute approximate surface area is 248 Å². The van der Waals surface area contributed by atoms with Gasteiger partial charge in [0.2, 0.25) is 5.91 Å². The first-order valence-corrected chi connectivity index (χ1v) is 14.1. The molecule has 4 N–H and O–H groups in total. The number of fused-ring (bicyclic) bond motifs is 1. The van der Waals surface area contributed by atoms with Gasteiger partial charge < -0.3 is 25.8 Å². The Morgan fingerprint density at radius 3 is 2.40 bits per heavy atom. The molecule has 1 aromatic carbocycles. The second kappa shape index (κ2) is 12.5. The van der Waals surface area contributed by atoms with Crippen LogP contribution in [0.2, 0.25) is 5.02 Å². The zero-order chi connectivity index (χ0) is 30.8. The number of carbonyl (C=O) groups is 3. The Balaban J connectivity index is 1.47. The second-order valence-corrected chi connectivity index (χ2v) is 11.9. The summed E-state index contributed by atoms with van der Waals surface area (Å²) in [4.78, 5) is 46.3. The van der Waals surface area contributed by atoms with Gasteiger partial charge in [0, 0.05) is 23.8 Å². The van der Waals surface area contributed by atoms with Gasteiger partial charge >= 0.3 is 6.09 Å². The lowest BCUT2D eigenvalue weighted by Crippen LogP contribution is -2.50. The first-order valence-electron chi connectivity index (χ1n) is 13.8. The molecular weight excluding hydrogens is 565 g/mol. The van der Waals surface area contributed by atoms with Crippen LogP contribution in [0.3, 0.4) is 0 Å². The molecule has 0 spiro atoms. The molecule has 1 fully saturated rings. The van der Waals surface area contributed by atoms with Crippen LogP contribution in [0.15, 0.2) is 30.5 Å². The van der Waals surface area contributed by atoms with Crippen molar-refractivity contribution in [3.63, 3.8) is 0 Å². The molecule has 0 saturated heterocycles. The maximum Gasteiger partial charge on any atom is 0.408 e. The molecule has 1 aliphatic rings. The van der Waals surface area contributed by atoms with Crippen molar-refractivity contribution in [3.8, 4) is 17.0 Å². The van der Waals surface area contributed by atoms with E-state index in [4.69, 9.17) is 21.3 Å². The summed E-state index contributed by atoms with van der Waals surface area (Å²) in [5, 5.41) is 18.6. The normalized spacial score (nSPS) is 17.8. The predicted octanol–water partition coefficient (Wildman–Crippen LogP) is 5.75. The number of anilines is 1. The third kappa shape index (κ3) is 7.44. The van der Waals surface area contributed by atoms with Crippen LogP contribution in [0.4, 0.5) is 14.9 Å². The number of ether oxygens (including phenoxy) is 1. The Hall–Kier alpha value is -3.99. The highest BCUT2D eigenvalue weighted by molar-refractivity contribution is 6.32. The van der Waals surface area contributed by atoms with Crippen LogP contribution in [0.1, 0.15) is 70.7 Å². The van der Waals surface area contributed by atoms with Crippen molar-refractivity contribution in [1.82, 2.24) is 20.6 Å². The lowest BCUT2D eigenvalue weighted by atomic mass is 9.90. The highest BCUT2D eigenvalue weighted by Crippen LogP contribution is 2.34. The zero-order valence-electron chi connectivity index (χ0n) is 24.2. The largest absolute Gasteiger partial charge is 0.504 e. The van der Waals surface area contributed by atoms with Crippen molar-refractivity contribution in [2.75, 3.05) is 5.32 Å². The third-order valence-electron chi connectivity index (χ3n) is 6.95. The monoisotopic (exact) mass is 599 g/mol. The summed E-state index contributed by atoms with van der Waals surface area (Å²) in [6, 6.07) is 5.12. The summed E-state index contributed by atoms with van der Waals surface area (Å²) in [5.41, 5.74) is 1.99. The fourth-order valence-corrected chi connectivity index (χ4v) is 5.02. The average Bonchev–Trinajstić information content (AvgIpc) is 2.91. The number of rotatable bonds is 7. The Morgan fingerprint density at radius 1 is 1.12 bits per heavy atom. The summed E-state index contributed by atoms with van der Waals surface area (Å²) in [5.74, 6) is -1.99. The number of aromatic hydroxyl groups is 1. The van der Waals surface area contributed by atoms with Crippen molar-refractivity contribution in [3.05, 3.63) is 46.9 Å². The smallest absolute Gasteiger partial charge is 0.408 e. The number of nitrogens with one attached hydrogen (secondary N) is 3. The summed E-state index contributed by atoms with van der Waals surface area (Å²) >= 11 is 5.98. The van der Waals surface area contributed by atoms with Crippen LogP contribution in [0.25, 0.3) is 22.3 Å². The van der Waals surface area contributed by atoms with Crippen LogP contribution < -0.4 is 16.0 Å². The Bertz CT molecular complexity index is 1490. The molecule has 42 heavy (non-hydrogen) atoms.